The molecule has 2 aromatic heterocycles. The lowest BCUT2D eigenvalue weighted by Gasteiger charge is -2.18. The predicted molar refractivity (Wildman–Crippen MR) is 122 cm³/mol. The fourth-order valence-corrected chi connectivity index (χ4v) is 4.88. The first-order valence-electron chi connectivity index (χ1n) is 10.4. The third kappa shape index (κ3) is 3.88. The molecule has 0 aliphatic carbocycles. The van der Waals surface area contributed by atoms with Crippen LogP contribution in [-0.2, 0) is 11.3 Å². The van der Waals surface area contributed by atoms with E-state index in [4.69, 9.17) is 9.72 Å². The van der Waals surface area contributed by atoms with Crippen LogP contribution in [0.15, 0.2) is 63.3 Å². The van der Waals surface area contributed by atoms with Gasteiger partial charge in [0.1, 0.15) is 5.82 Å². The van der Waals surface area contributed by atoms with E-state index >= 15 is 0 Å². The van der Waals surface area contributed by atoms with Gasteiger partial charge in [0.05, 0.1) is 39.7 Å². The van der Waals surface area contributed by atoms with E-state index in [9.17, 15) is 9.59 Å². The number of rotatable bonds is 5. The normalized spacial score (nSPS) is 17.4. The van der Waals surface area contributed by atoms with Gasteiger partial charge >= 0.3 is 0 Å². The minimum atomic E-state index is -0.207. The van der Waals surface area contributed by atoms with E-state index < -0.39 is 0 Å². The van der Waals surface area contributed by atoms with Crippen LogP contribution in [-0.4, -0.2) is 32.2 Å². The van der Waals surface area contributed by atoms with E-state index in [2.05, 4.69) is 9.97 Å². The lowest BCUT2D eigenvalue weighted by molar-refractivity contribution is 0.0937. The second-order valence-electron chi connectivity index (χ2n) is 7.69. The smallest absolute Gasteiger partial charge is 0.262 e. The summed E-state index contributed by atoms with van der Waals surface area (Å²) in [6, 6.07) is 14.6. The molecule has 2 atom stereocenters. The first-order valence-corrected chi connectivity index (χ1v) is 11.2. The van der Waals surface area contributed by atoms with E-state index in [1.807, 2.05) is 43.3 Å². The first kappa shape index (κ1) is 20.0. The molecule has 5 rings (SSSR count). The molecular formula is C23H22N4O3S. The summed E-state index contributed by atoms with van der Waals surface area (Å²) in [4.78, 5) is 38.1. The number of hydrogen-bond donors (Lipinski definition) is 1. The Balaban J connectivity index is 1.56. The number of aromatic amines is 1. The zero-order valence-electron chi connectivity index (χ0n) is 17.1. The van der Waals surface area contributed by atoms with Crippen molar-refractivity contribution in [2.24, 2.45) is 0 Å². The van der Waals surface area contributed by atoms with Gasteiger partial charge in [0.25, 0.3) is 11.1 Å². The molecule has 0 saturated carbocycles. The summed E-state index contributed by atoms with van der Waals surface area (Å²) in [7, 11) is 0. The van der Waals surface area contributed by atoms with Gasteiger partial charge in [-0.3, -0.25) is 14.2 Å². The molecule has 158 valence electrons. The second-order valence-corrected chi connectivity index (χ2v) is 9.00. The van der Waals surface area contributed by atoms with Gasteiger partial charge in [-0.1, -0.05) is 36.0 Å². The van der Waals surface area contributed by atoms with Crippen molar-refractivity contribution in [3.63, 3.8) is 0 Å². The van der Waals surface area contributed by atoms with Gasteiger partial charge in [-0.2, -0.15) is 0 Å². The molecule has 0 amide bonds. The molecule has 4 aromatic rings. The van der Waals surface area contributed by atoms with Crippen LogP contribution in [0.3, 0.4) is 0 Å². The average molecular weight is 435 g/mol. The molecular weight excluding hydrogens is 412 g/mol. The number of ether oxygens (including phenoxy) is 1. The van der Waals surface area contributed by atoms with E-state index in [0.717, 1.165) is 19.4 Å². The van der Waals surface area contributed by atoms with E-state index in [-0.39, 0.29) is 22.5 Å². The number of thioether (sulfide) groups is 1. The summed E-state index contributed by atoms with van der Waals surface area (Å²) < 4.78 is 7.48. The van der Waals surface area contributed by atoms with Gasteiger partial charge in [-0.25, -0.2) is 9.97 Å². The number of aromatic nitrogens is 4. The molecule has 8 heteroatoms. The van der Waals surface area contributed by atoms with Gasteiger partial charge in [0.2, 0.25) is 0 Å². The van der Waals surface area contributed by atoms with Gasteiger partial charge < -0.3 is 9.72 Å². The van der Waals surface area contributed by atoms with Crippen LogP contribution in [0.25, 0.3) is 21.8 Å². The van der Waals surface area contributed by atoms with Crippen LogP contribution in [0.2, 0.25) is 0 Å². The summed E-state index contributed by atoms with van der Waals surface area (Å²) in [5.74, 6) is 0.555. The Morgan fingerprint density at radius 1 is 1.10 bits per heavy atom. The summed E-state index contributed by atoms with van der Waals surface area (Å²) in [5, 5.41) is 1.54. The maximum Gasteiger partial charge on any atom is 0.262 e. The molecule has 1 fully saturated rings. The minimum Gasteiger partial charge on any atom is -0.376 e. The van der Waals surface area contributed by atoms with Crippen molar-refractivity contribution < 1.29 is 4.74 Å². The molecule has 7 nitrogen and oxygen atoms in total. The highest BCUT2D eigenvalue weighted by molar-refractivity contribution is 7.99. The lowest BCUT2D eigenvalue weighted by atomic mass is 10.2. The van der Waals surface area contributed by atoms with Gasteiger partial charge in [-0.15, -0.1) is 0 Å². The van der Waals surface area contributed by atoms with Gasteiger partial charge in [0.15, 0.2) is 5.16 Å². The average Bonchev–Trinajstić information content (AvgIpc) is 3.30. The summed E-state index contributed by atoms with van der Waals surface area (Å²) in [6.07, 6.45) is 1.94. The lowest BCUT2D eigenvalue weighted by Crippen LogP contribution is -2.29. The van der Waals surface area contributed by atoms with Crippen molar-refractivity contribution >= 4 is 33.6 Å². The molecule has 1 N–H and O–H groups in total. The molecule has 2 aromatic carbocycles. The maximum absolute atomic E-state index is 13.3. The molecule has 0 spiro atoms. The standard InChI is InChI=1S/C23H22N4O3S/c1-14(20-24-18-10-4-2-8-16(18)21(28)26-20)31-23-25-19-11-5-3-9-17(19)22(29)27(23)13-15-7-6-12-30-15/h2-5,8-11,14-15H,6-7,12-13H2,1H3,(H,24,26,28)/t14-,15+/m1/s1. The maximum atomic E-state index is 13.3. The number of nitrogens with zero attached hydrogens (tertiary/aromatic N) is 3. The predicted octanol–water partition coefficient (Wildman–Crippen LogP) is 3.67. The van der Waals surface area contributed by atoms with Crippen LogP contribution < -0.4 is 11.1 Å². The monoisotopic (exact) mass is 434 g/mol. The molecule has 0 radical (unpaired) electrons. The molecule has 1 saturated heterocycles. The van der Waals surface area contributed by atoms with E-state index in [1.54, 1.807) is 16.7 Å². The summed E-state index contributed by atoms with van der Waals surface area (Å²) >= 11 is 1.42. The molecule has 0 unspecified atom stereocenters. The Morgan fingerprint density at radius 3 is 2.55 bits per heavy atom. The zero-order valence-corrected chi connectivity index (χ0v) is 17.9. The highest BCUT2D eigenvalue weighted by Crippen LogP contribution is 2.32. The summed E-state index contributed by atoms with van der Waals surface area (Å²) in [6.45, 7) is 3.14. The highest BCUT2D eigenvalue weighted by atomic mass is 32.2. The Kier molecular flexibility index (Phi) is 5.33. The quantitative estimate of drug-likeness (QED) is 0.381. The van der Waals surface area contributed by atoms with Crippen LogP contribution in [0.5, 0.6) is 0 Å². The number of benzene rings is 2. The van der Waals surface area contributed by atoms with Crippen LogP contribution in [0.4, 0.5) is 0 Å². The molecule has 31 heavy (non-hydrogen) atoms. The van der Waals surface area contributed by atoms with Crippen molar-refractivity contribution in [3.05, 3.63) is 75.1 Å². The number of H-pyrrole nitrogens is 1. The van der Waals surface area contributed by atoms with Crippen LogP contribution >= 0.6 is 11.8 Å². The Bertz CT molecular complexity index is 1370. The Hall–Kier alpha value is -2.97. The van der Waals surface area contributed by atoms with Crippen molar-refractivity contribution in [1.29, 1.82) is 0 Å². The van der Waals surface area contributed by atoms with Crippen molar-refractivity contribution in [3.8, 4) is 0 Å². The molecule has 0 bridgehead atoms. The van der Waals surface area contributed by atoms with E-state index in [1.165, 1.54) is 11.8 Å². The van der Waals surface area contributed by atoms with Crippen molar-refractivity contribution in [2.75, 3.05) is 6.61 Å². The van der Waals surface area contributed by atoms with Gasteiger partial charge in [-0.05, 0) is 44.0 Å². The number of para-hydroxylation sites is 2. The Morgan fingerprint density at radius 2 is 1.81 bits per heavy atom. The minimum absolute atomic E-state index is 0.00826. The molecule has 1 aliphatic rings. The third-order valence-electron chi connectivity index (χ3n) is 5.54. The van der Waals surface area contributed by atoms with E-state index in [0.29, 0.717) is 39.3 Å². The second kappa shape index (κ2) is 8.28. The SMILES string of the molecule is C[C@@H](Sc1nc2ccccc2c(=O)n1C[C@@H]1CCCO1)c1nc2ccccc2c(=O)[nH]1. The largest absolute Gasteiger partial charge is 0.376 e. The molecule has 3 heterocycles. The van der Waals surface area contributed by atoms with Gasteiger partial charge in [0, 0.05) is 6.61 Å². The summed E-state index contributed by atoms with van der Waals surface area (Å²) in [5.41, 5.74) is 1.06. The van der Waals surface area contributed by atoms with Crippen LogP contribution in [0.1, 0.15) is 30.8 Å². The third-order valence-corrected chi connectivity index (χ3v) is 6.63. The fraction of sp³-hybridized carbons (Fsp3) is 0.304. The van der Waals surface area contributed by atoms with Crippen LogP contribution in [0, 0.1) is 0 Å². The fourth-order valence-electron chi connectivity index (χ4n) is 3.90. The molecule has 1 aliphatic heterocycles. The topological polar surface area (TPSA) is 89.9 Å². The number of hydrogen-bond acceptors (Lipinski definition) is 6. The van der Waals surface area contributed by atoms with Crippen molar-refractivity contribution in [2.45, 2.75) is 42.8 Å². The number of fused-ring (bicyclic) bond motifs is 2. The Labute approximate surface area is 182 Å². The number of nitrogens with one attached hydrogen (secondary N) is 1. The van der Waals surface area contributed by atoms with Crippen molar-refractivity contribution in [1.82, 2.24) is 19.5 Å². The zero-order chi connectivity index (χ0) is 21.4. The highest BCUT2D eigenvalue weighted by Gasteiger charge is 2.22. The first-order chi connectivity index (χ1) is 15.1.